The molecule has 9 heteroatoms. The molecule has 6 nitrogen and oxygen atoms in total. The number of hydrogen-bond donors (Lipinski definition) is 2. The predicted octanol–water partition coefficient (Wildman–Crippen LogP) is 4.98. The Balaban J connectivity index is 1.52. The zero-order valence-corrected chi connectivity index (χ0v) is 16.9. The van der Waals surface area contributed by atoms with Crippen molar-refractivity contribution in [3.05, 3.63) is 83.9 Å². The van der Waals surface area contributed by atoms with Crippen LogP contribution in [-0.4, -0.2) is 25.5 Å². The van der Waals surface area contributed by atoms with Gasteiger partial charge in [-0.1, -0.05) is 6.07 Å². The van der Waals surface area contributed by atoms with Gasteiger partial charge in [-0.3, -0.25) is 9.59 Å². The quantitative estimate of drug-likeness (QED) is 0.539. The van der Waals surface area contributed by atoms with Gasteiger partial charge in [0.25, 0.3) is 11.8 Å². The summed E-state index contributed by atoms with van der Waals surface area (Å²) in [6, 6.07) is 17.2. The Morgan fingerprint density at radius 3 is 2.09 bits per heavy atom. The largest absolute Gasteiger partial charge is 0.497 e. The Labute approximate surface area is 182 Å². The fraction of sp³-hybridized carbons (Fsp3) is 0.130. The molecule has 0 aliphatic rings. The number of nitrogens with one attached hydrogen (secondary N) is 2. The second kappa shape index (κ2) is 9.86. The molecule has 0 radical (unpaired) electrons. The highest BCUT2D eigenvalue weighted by atomic mass is 19.4. The van der Waals surface area contributed by atoms with E-state index in [9.17, 15) is 22.8 Å². The molecule has 0 saturated heterocycles. The summed E-state index contributed by atoms with van der Waals surface area (Å²) in [7, 11) is 1.55. The highest BCUT2D eigenvalue weighted by Crippen LogP contribution is 2.31. The minimum absolute atomic E-state index is 0.0690. The summed E-state index contributed by atoms with van der Waals surface area (Å²) >= 11 is 0. The SMILES string of the molecule is COc1ccc(NC(=O)c2ccc(NC(=O)COc3cccc(C(F)(F)F)c3)cc2)cc1. The summed E-state index contributed by atoms with van der Waals surface area (Å²) in [6.45, 7) is -0.471. The van der Waals surface area contributed by atoms with Crippen LogP contribution in [0.3, 0.4) is 0 Å². The molecule has 166 valence electrons. The van der Waals surface area contributed by atoms with Crippen molar-refractivity contribution >= 4 is 23.2 Å². The summed E-state index contributed by atoms with van der Waals surface area (Å²) in [6.07, 6.45) is -4.50. The van der Waals surface area contributed by atoms with E-state index in [1.807, 2.05) is 0 Å². The molecular weight excluding hydrogens is 425 g/mol. The van der Waals surface area contributed by atoms with E-state index >= 15 is 0 Å². The molecule has 3 aromatic rings. The number of halogens is 3. The van der Waals surface area contributed by atoms with E-state index in [0.29, 0.717) is 22.7 Å². The molecule has 0 unspecified atom stereocenters. The molecule has 0 fully saturated rings. The number of anilines is 2. The Kier molecular flexibility index (Phi) is 6.99. The number of ether oxygens (including phenoxy) is 2. The Morgan fingerprint density at radius 2 is 1.47 bits per heavy atom. The van der Waals surface area contributed by atoms with Crippen LogP contribution in [0, 0.1) is 0 Å². The normalized spacial score (nSPS) is 10.9. The lowest BCUT2D eigenvalue weighted by Gasteiger charge is -2.11. The van der Waals surface area contributed by atoms with Gasteiger partial charge in [0.2, 0.25) is 0 Å². The van der Waals surface area contributed by atoms with Gasteiger partial charge in [-0.15, -0.1) is 0 Å². The van der Waals surface area contributed by atoms with E-state index in [1.54, 1.807) is 31.4 Å². The molecule has 0 aliphatic carbocycles. The van der Waals surface area contributed by atoms with Crippen molar-refractivity contribution in [2.24, 2.45) is 0 Å². The maximum atomic E-state index is 12.7. The van der Waals surface area contributed by atoms with Gasteiger partial charge in [-0.25, -0.2) is 0 Å². The summed E-state index contributed by atoms with van der Waals surface area (Å²) in [5.74, 6) is -0.292. The zero-order valence-electron chi connectivity index (χ0n) is 16.9. The van der Waals surface area contributed by atoms with Crippen LogP contribution in [-0.2, 0) is 11.0 Å². The van der Waals surface area contributed by atoms with Gasteiger partial charge in [-0.05, 0) is 66.7 Å². The molecule has 0 aromatic heterocycles. The second-order valence-electron chi connectivity index (χ2n) is 6.62. The lowest BCUT2D eigenvalue weighted by atomic mass is 10.2. The maximum absolute atomic E-state index is 12.7. The highest BCUT2D eigenvalue weighted by molar-refractivity contribution is 6.04. The second-order valence-corrected chi connectivity index (χ2v) is 6.62. The van der Waals surface area contributed by atoms with Crippen LogP contribution < -0.4 is 20.1 Å². The van der Waals surface area contributed by atoms with Crippen molar-refractivity contribution in [2.45, 2.75) is 6.18 Å². The van der Waals surface area contributed by atoms with Gasteiger partial charge >= 0.3 is 6.18 Å². The van der Waals surface area contributed by atoms with Crippen molar-refractivity contribution in [1.82, 2.24) is 0 Å². The third-order valence-electron chi connectivity index (χ3n) is 4.31. The first kappa shape index (κ1) is 22.7. The molecular formula is C23H19F3N2O4. The van der Waals surface area contributed by atoms with Gasteiger partial charge in [-0.2, -0.15) is 13.2 Å². The smallest absolute Gasteiger partial charge is 0.416 e. The van der Waals surface area contributed by atoms with Gasteiger partial charge < -0.3 is 20.1 Å². The van der Waals surface area contributed by atoms with Crippen LogP contribution in [0.25, 0.3) is 0 Å². The lowest BCUT2D eigenvalue weighted by Crippen LogP contribution is -2.20. The standard InChI is InChI=1S/C23H19F3N2O4/c1-31-19-11-9-18(10-12-19)28-22(30)15-5-7-17(8-6-15)27-21(29)14-32-20-4-2-3-16(13-20)23(24,25)26/h2-13H,14H2,1H3,(H,27,29)(H,28,30). The first-order valence-corrected chi connectivity index (χ1v) is 9.40. The number of carbonyl (C=O) groups excluding carboxylic acids is 2. The number of alkyl halides is 3. The van der Waals surface area contributed by atoms with E-state index in [4.69, 9.17) is 9.47 Å². The molecule has 2 amide bonds. The van der Waals surface area contributed by atoms with Crippen LogP contribution in [0.2, 0.25) is 0 Å². The Morgan fingerprint density at radius 1 is 0.844 bits per heavy atom. The van der Waals surface area contributed by atoms with Crippen molar-refractivity contribution in [3.63, 3.8) is 0 Å². The molecule has 0 spiro atoms. The van der Waals surface area contributed by atoms with Crippen molar-refractivity contribution in [1.29, 1.82) is 0 Å². The highest BCUT2D eigenvalue weighted by Gasteiger charge is 2.30. The third kappa shape index (κ3) is 6.24. The Hall–Kier alpha value is -4.01. The number of benzene rings is 3. The van der Waals surface area contributed by atoms with E-state index in [1.165, 1.54) is 36.4 Å². The summed E-state index contributed by atoms with van der Waals surface area (Å²) < 4.78 is 48.4. The van der Waals surface area contributed by atoms with Gasteiger partial charge in [0.15, 0.2) is 6.61 Å². The van der Waals surface area contributed by atoms with E-state index in [2.05, 4.69) is 10.6 Å². The number of carbonyl (C=O) groups is 2. The van der Waals surface area contributed by atoms with E-state index in [0.717, 1.165) is 12.1 Å². The summed E-state index contributed by atoms with van der Waals surface area (Å²) in [4.78, 5) is 24.4. The van der Waals surface area contributed by atoms with Crippen LogP contribution in [0.1, 0.15) is 15.9 Å². The van der Waals surface area contributed by atoms with Crippen molar-refractivity contribution in [3.8, 4) is 11.5 Å². The molecule has 0 atom stereocenters. The molecule has 2 N–H and O–H groups in total. The minimum atomic E-state index is -4.50. The molecule has 32 heavy (non-hydrogen) atoms. The first-order chi connectivity index (χ1) is 15.2. The van der Waals surface area contributed by atoms with Gasteiger partial charge in [0, 0.05) is 16.9 Å². The average molecular weight is 444 g/mol. The number of rotatable bonds is 7. The van der Waals surface area contributed by atoms with Crippen LogP contribution in [0.15, 0.2) is 72.8 Å². The van der Waals surface area contributed by atoms with Crippen LogP contribution in [0.5, 0.6) is 11.5 Å². The first-order valence-electron chi connectivity index (χ1n) is 9.40. The van der Waals surface area contributed by atoms with Crippen molar-refractivity contribution in [2.75, 3.05) is 24.4 Å². The average Bonchev–Trinajstić information content (AvgIpc) is 2.78. The Bertz CT molecular complexity index is 1080. The maximum Gasteiger partial charge on any atom is 0.416 e. The van der Waals surface area contributed by atoms with E-state index < -0.39 is 24.3 Å². The number of amides is 2. The zero-order chi connectivity index (χ0) is 23.1. The van der Waals surface area contributed by atoms with Crippen molar-refractivity contribution < 1.29 is 32.2 Å². The van der Waals surface area contributed by atoms with Gasteiger partial charge in [0.05, 0.1) is 12.7 Å². The summed E-state index contributed by atoms with van der Waals surface area (Å²) in [5, 5.41) is 5.30. The fourth-order valence-electron chi connectivity index (χ4n) is 2.69. The fourth-order valence-corrected chi connectivity index (χ4v) is 2.69. The molecule has 0 aliphatic heterocycles. The topological polar surface area (TPSA) is 76.7 Å². The van der Waals surface area contributed by atoms with Gasteiger partial charge in [0.1, 0.15) is 11.5 Å². The minimum Gasteiger partial charge on any atom is -0.497 e. The van der Waals surface area contributed by atoms with Crippen LogP contribution in [0.4, 0.5) is 24.5 Å². The third-order valence-corrected chi connectivity index (χ3v) is 4.31. The van der Waals surface area contributed by atoms with E-state index in [-0.39, 0.29) is 11.7 Å². The molecule has 0 bridgehead atoms. The summed E-state index contributed by atoms with van der Waals surface area (Å²) in [5.41, 5.74) is 0.515. The number of hydrogen-bond acceptors (Lipinski definition) is 4. The molecule has 3 rings (SSSR count). The molecule has 0 heterocycles. The predicted molar refractivity (Wildman–Crippen MR) is 113 cm³/mol. The molecule has 0 saturated carbocycles. The molecule has 3 aromatic carbocycles. The monoisotopic (exact) mass is 444 g/mol. The lowest BCUT2D eigenvalue weighted by molar-refractivity contribution is -0.137. The number of methoxy groups -OCH3 is 1. The van der Waals surface area contributed by atoms with Crippen LogP contribution >= 0.6 is 0 Å².